The normalized spacial score (nSPS) is 32.2. The summed E-state index contributed by atoms with van der Waals surface area (Å²) >= 11 is 0. The molecule has 2 heteroatoms. The molecule has 0 bridgehead atoms. The zero-order valence-electron chi connectivity index (χ0n) is 7.26. The fourth-order valence-corrected chi connectivity index (χ4v) is 1.94. The molecule has 68 valence electrons. The van der Waals surface area contributed by atoms with Crippen LogP contribution in [0, 0.1) is 18.9 Å². The van der Waals surface area contributed by atoms with E-state index in [0.717, 1.165) is 18.4 Å². The highest BCUT2D eigenvalue weighted by molar-refractivity contribution is 4.71. The standard InChI is InChI=1S/C9H20N2.H2/c1-11-7-9-4-2-8(6-10)3-5-9;/h8-9H,1-7,10-11H2;1H. The molecule has 1 aliphatic carbocycles. The molecule has 0 amide bonds. The lowest BCUT2D eigenvalue weighted by atomic mass is 9.82. The lowest BCUT2D eigenvalue weighted by Gasteiger charge is -2.26. The number of nitrogens with two attached hydrogens (primary N) is 2. The minimum absolute atomic E-state index is 0. The molecular formula is C9H22N2. The molecule has 0 aliphatic heterocycles. The summed E-state index contributed by atoms with van der Waals surface area (Å²) in [5.74, 6) is 1.73. The van der Waals surface area contributed by atoms with Crippen molar-refractivity contribution >= 4 is 0 Å². The SMILES string of the molecule is [CH2-][NH2+]CC1CCC(CN)CC1.[HH]. The summed E-state index contributed by atoms with van der Waals surface area (Å²) in [6.45, 7) is 2.10. The fourth-order valence-electron chi connectivity index (χ4n) is 1.94. The topological polar surface area (TPSA) is 42.6 Å². The molecular weight excluding hydrogens is 136 g/mol. The summed E-state index contributed by atoms with van der Waals surface area (Å²) in [6.07, 6.45) is 5.42. The number of hydrogen-bond acceptors (Lipinski definition) is 1. The second-order valence-electron chi connectivity index (χ2n) is 3.65. The smallest absolute Gasteiger partial charge is 0.0544 e. The number of quaternary nitrogens is 1. The maximum atomic E-state index is 5.60. The van der Waals surface area contributed by atoms with Crippen LogP contribution < -0.4 is 11.1 Å². The molecule has 1 rings (SSSR count). The van der Waals surface area contributed by atoms with E-state index >= 15 is 0 Å². The van der Waals surface area contributed by atoms with Crippen molar-refractivity contribution in [2.24, 2.45) is 17.6 Å². The van der Waals surface area contributed by atoms with Crippen LogP contribution in [-0.4, -0.2) is 13.1 Å². The first-order chi connectivity index (χ1) is 5.36. The Morgan fingerprint density at radius 1 is 1.27 bits per heavy atom. The first-order valence-corrected chi connectivity index (χ1v) is 4.67. The Labute approximate surface area is 71.0 Å². The Morgan fingerprint density at radius 3 is 2.27 bits per heavy atom. The first-order valence-electron chi connectivity index (χ1n) is 4.67. The van der Waals surface area contributed by atoms with E-state index in [-0.39, 0.29) is 1.43 Å². The maximum Gasteiger partial charge on any atom is 0.0544 e. The molecule has 2 nitrogen and oxygen atoms in total. The van der Waals surface area contributed by atoms with E-state index in [1.54, 1.807) is 0 Å². The Balaban J connectivity index is 0.00000121. The zero-order valence-corrected chi connectivity index (χ0v) is 7.26. The monoisotopic (exact) mass is 158 g/mol. The molecule has 1 fully saturated rings. The average Bonchev–Trinajstić information content (AvgIpc) is 2.07. The van der Waals surface area contributed by atoms with Gasteiger partial charge in [-0.2, -0.15) is 7.05 Å². The third kappa shape index (κ3) is 2.80. The maximum absolute atomic E-state index is 5.60. The van der Waals surface area contributed by atoms with Crippen LogP contribution >= 0.6 is 0 Å². The molecule has 0 heterocycles. The lowest BCUT2D eigenvalue weighted by Crippen LogP contribution is -2.78. The van der Waals surface area contributed by atoms with Gasteiger partial charge < -0.3 is 11.1 Å². The fraction of sp³-hybridized carbons (Fsp3) is 0.889. The zero-order chi connectivity index (χ0) is 8.10. The highest BCUT2D eigenvalue weighted by atomic mass is 14.8. The van der Waals surface area contributed by atoms with Crippen LogP contribution in [0.1, 0.15) is 27.1 Å². The van der Waals surface area contributed by atoms with Gasteiger partial charge >= 0.3 is 0 Å². The van der Waals surface area contributed by atoms with Crippen molar-refractivity contribution in [3.63, 3.8) is 0 Å². The molecule has 0 radical (unpaired) electrons. The first kappa shape index (κ1) is 9.01. The van der Waals surface area contributed by atoms with Gasteiger partial charge in [-0.15, -0.1) is 0 Å². The molecule has 0 aromatic heterocycles. The minimum atomic E-state index is 0. The quantitative estimate of drug-likeness (QED) is 0.572. The second-order valence-corrected chi connectivity index (χ2v) is 3.65. The second kappa shape index (κ2) is 4.73. The van der Waals surface area contributed by atoms with Gasteiger partial charge in [0, 0.05) is 7.34 Å². The summed E-state index contributed by atoms with van der Waals surface area (Å²) in [5, 5.41) is 2.05. The third-order valence-corrected chi connectivity index (χ3v) is 2.80. The summed E-state index contributed by atoms with van der Waals surface area (Å²) in [7, 11) is 3.77. The number of hydrogen-bond donors (Lipinski definition) is 2. The molecule has 1 saturated carbocycles. The van der Waals surface area contributed by atoms with E-state index in [1.165, 1.54) is 32.2 Å². The number of rotatable bonds is 3. The van der Waals surface area contributed by atoms with Gasteiger partial charge in [-0.05, 0) is 38.1 Å². The van der Waals surface area contributed by atoms with Crippen LogP contribution in [0.4, 0.5) is 0 Å². The lowest BCUT2D eigenvalue weighted by molar-refractivity contribution is -0.602. The molecule has 4 N–H and O–H groups in total. The van der Waals surface area contributed by atoms with Gasteiger partial charge in [-0.3, -0.25) is 0 Å². The van der Waals surface area contributed by atoms with Crippen LogP contribution in [0.15, 0.2) is 0 Å². The minimum Gasteiger partial charge on any atom is -0.479 e. The van der Waals surface area contributed by atoms with Crippen LogP contribution in [0.3, 0.4) is 0 Å². The van der Waals surface area contributed by atoms with E-state index < -0.39 is 0 Å². The largest absolute Gasteiger partial charge is 0.479 e. The molecule has 0 saturated heterocycles. The van der Waals surface area contributed by atoms with E-state index in [2.05, 4.69) is 7.05 Å². The van der Waals surface area contributed by atoms with E-state index in [1.807, 2.05) is 5.32 Å². The van der Waals surface area contributed by atoms with Gasteiger partial charge in [0.2, 0.25) is 0 Å². The summed E-state index contributed by atoms with van der Waals surface area (Å²) in [6, 6.07) is 0. The third-order valence-electron chi connectivity index (χ3n) is 2.80. The van der Waals surface area contributed by atoms with Crippen LogP contribution in [0.2, 0.25) is 0 Å². The van der Waals surface area contributed by atoms with Crippen molar-refractivity contribution < 1.29 is 6.74 Å². The van der Waals surface area contributed by atoms with Gasteiger partial charge in [0.05, 0.1) is 6.54 Å². The van der Waals surface area contributed by atoms with Crippen molar-refractivity contribution in [3.05, 3.63) is 7.05 Å². The highest BCUT2D eigenvalue weighted by Gasteiger charge is 2.19. The van der Waals surface area contributed by atoms with Crippen LogP contribution in [0.5, 0.6) is 0 Å². The van der Waals surface area contributed by atoms with E-state index in [4.69, 9.17) is 5.73 Å². The Morgan fingerprint density at radius 2 is 1.82 bits per heavy atom. The highest BCUT2D eigenvalue weighted by Crippen LogP contribution is 2.26. The molecule has 0 unspecified atom stereocenters. The molecule has 11 heavy (non-hydrogen) atoms. The Kier molecular flexibility index (Phi) is 3.87. The van der Waals surface area contributed by atoms with Crippen molar-refractivity contribution in [2.45, 2.75) is 25.7 Å². The van der Waals surface area contributed by atoms with Crippen LogP contribution in [-0.2, 0) is 0 Å². The van der Waals surface area contributed by atoms with Crippen molar-refractivity contribution in [1.29, 1.82) is 0 Å². The molecule has 0 aromatic carbocycles. The molecule has 0 atom stereocenters. The Bertz CT molecular complexity index is 101. The van der Waals surface area contributed by atoms with Crippen LogP contribution in [0.25, 0.3) is 0 Å². The van der Waals surface area contributed by atoms with Gasteiger partial charge in [-0.1, -0.05) is 0 Å². The van der Waals surface area contributed by atoms with E-state index in [0.29, 0.717) is 0 Å². The average molecular weight is 158 g/mol. The summed E-state index contributed by atoms with van der Waals surface area (Å²) in [5.41, 5.74) is 5.60. The van der Waals surface area contributed by atoms with Gasteiger partial charge in [-0.25, -0.2) is 0 Å². The van der Waals surface area contributed by atoms with Crippen molar-refractivity contribution in [2.75, 3.05) is 13.1 Å². The predicted molar refractivity (Wildman–Crippen MR) is 48.8 cm³/mol. The van der Waals surface area contributed by atoms with Crippen molar-refractivity contribution in [1.82, 2.24) is 0 Å². The summed E-state index contributed by atoms with van der Waals surface area (Å²) in [4.78, 5) is 0. The van der Waals surface area contributed by atoms with E-state index in [9.17, 15) is 0 Å². The molecule has 0 spiro atoms. The summed E-state index contributed by atoms with van der Waals surface area (Å²) < 4.78 is 0. The Hall–Kier alpha value is -0.0800. The van der Waals surface area contributed by atoms with Gasteiger partial charge in [0.15, 0.2) is 0 Å². The molecule has 1 aliphatic rings. The molecule has 0 aromatic rings. The van der Waals surface area contributed by atoms with Gasteiger partial charge in [0.25, 0.3) is 0 Å². The van der Waals surface area contributed by atoms with Gasteiger partial charge in [0.1, 0.15) is 0 Å². The predicted octanol–water partition coefficient (Wildman–Crippen LogP) is 0.352. The van der Waals surface area contributed by atoms with Crippen molar-refractivity contribution in [3.8, 4) is 0 Å².